The molecule has 0 unspecified atom stereocenters. The molecule has 0 radical (unpaired) electrons. The van der Waals surface area contributed by atoms with Gasteiger partial charge in [-0.3, -0.25) is 9.59 Å². The molecule has 9 heteroatoms. The third-order valence-electron chi connectivity index (χ3n) is 3.93. The zero-order valence-corrected chi connectivity index (χ0v) is 15.5. The number of anilines is 1. The highest BCUT2D eigenvalue weighted by molar-refractivity contribution is 6.02. The highest BCUT2D eigenvalue weighted by atomic mass is 19.4. The zero-order chi connectivity index (χ0) is 21.6. The Hall–Kier alpha value is -3.75. The standard InChI is InChI=1S/C21H17F3N2O4/c22-21(23,24)13-30-17-9-3-14(4-10-17)12-25-19(27)15-5-7-16(8-6-15)26-20(28)18-2-1-11-29-18/h1-11H,12-13H2,(H,25,27)(H,26,28). The van der Waals surface area contributed by atoms with Crippen LogP contribution >= 0.6 is 0 Å². The van der Waals surface area contributed by atoms with Gasteiger partial charge in [0.1, 0.15) is 5.75 Å². The minimum Gasteiger partial charge on any atom is -0.484 e. The van der Waals surface area contributed by atoms with E-state index in [1.54, 1.807) is 42.5 Å². The summed E-state index contributed by atoms with van der Waals surface area (Å²) in [4.78, 5) is 24.2. The molecular weight excluding hydrogens is 401 g/mol. The molecule has 0 aliphatic heterocycles. The number of carbonyl (C=O) groups excluding carboxylic acids is 2. The fourth-order valence-corrected chi connectivity index (χ4v) is 2.46. The summed E-state index contributed by atoms with van der Waals surface area (Å²) < 4.78 is 46.1. The number of ether oxygens (including phenoxy) is 1. The van der Waals surface area contributed by atoms with E-state index in [4.69, 9.17) is 4.42 Å². The lowest BCUT2D eigenvalue weighted by atomic mass is 10.1. The second-order valence-electron chi connectivity index (χ2n) is 6.24. The van der Waals surface area contributed by atoms with Crippen LogP contribution in [0.4, 0.5) is 18.9 Å². The van der Waals surface area contributed by atoms with Crippen molar-refractivity contribution in [3.63, 3.8) is 0 Å². The largest absolute Gasteiger partial charge is 0.484 e. The first-order valence-electron chi connectivity index (χ1n) is 8.82. The van der Waals surface area contributed by atoms with Crippen molar-refractivity contribution in [2.45, 2.75) is 12.7 Å². The molecule has 0 aliphatic carbocycles. The maximum atomic E-state index is 12.3. The normalized spacial score (nSPS) is 11.0. The van der Waals surface area contributed by atoms with E-state index in [9.17, 15) is 22.8 Å². The molecular formula is C21H17F3N2O4. The van der Waals surface area contributed by atoms with E-state index < -0.39 is 18.7 Å². The van der Waals surface area contributed by atoms with Gasteiger partial charge in [0.2, 0.25) is 0 Å². The van der Waals surface area contributed by atoms with Gasteiger partial charge in [0.25, 0.3) is 11.8 Å². The van der Waals surface area contributed by atoms with Gasteiger partial charge in [-0.15, -0.1) is 0 Å². The average Bonchev–Trinajstić information content (AvgIpc) is 3.26. The van der Waals surface area contributed by atoms with E-state index in [2.05, 4.69) is 15.4 Å². The van der Waals surface area contributed by atoms with Gasteiger partial charge in [-0.05, 0) is 54.1 Å². The summed E-state index contributed by atoms with van der Waals surface area (Å²) in [5.41, 5.74) is 1.59. The molecule has 0 atom stereocenters. The molecule has 0 saturated heterocycles. The number of hydrogen-bond acceptors (Lipinski definition) is 4. The Morgan fingerprint density at radius 2 is 1.63 bits per heavy atom. The minimum absolute atomic E-state index is 0.0922. The third kappa shape index (κ3) is 6.13. The summed E-state index contributed by atoms with van der Waals surface area (Å²) in [5, 5.41) is 5.36. The molecule has 0 bridgehead atoms. The molecule has 2 amide bonds. The first-order valence-corrected chi connectivity index (χ1v) is 8.82. The molecule has 0 fully saturated rings. The molecule has 30 heavy (non-hydrogen) atoms. The van der Waals surface area contributed by atoms with Crippen LogP contribution in [0.5, 0.6) is 5.75 Å². The number of halogens is 3. The van der Waals surface area contributed by atoms with Gasteiger partial charge in [0.05, 0.1) is 6.26 Å². The zero-order valence-electron chi connectivity index (χ0n) is 15.5. The number of benzene rings is 2. The SMILES string of the molecule is O=C(NCc1ccc(OCC(F)(F)F)cc1)c1ccc(NC(=O)c2ccco2)cc1. The highest BCUT2D eigenvalue weighted by Crippen LogP contribution is 2.19. The van der Waals surface area contributed by atoms with E-state index in [0.717, 1.165) is 0 Å². The number of hydrogen-bond donors (Lipinski definition) is 2. The highest BCUT2D eigenvalue weighted by Gasteiger charge is 2.28. The monoisotopic (exact) mass is 418 g/mol. The van der Waals surface area contributed by atoms with Crippen LogP contribution in [-0.2, 0) is 6.54 Å². The maximum Gasteiger partial charge on any atom is 0.422 e. The number of amides is 2. The molecule has 156 valence electrons. The van der Waals surface area contributed by atoms with Crippen molar-refractivity contribution >= 4 is 17.5 Å². The Morgan fingerprint density at radius 1 is 0.933 bits per heavy atom. The van der Waals surface area contributed by atoms with Crippen LogP contribution in [0.3, 0.4) is 0 Å². The molecule has 2 N–H and O–H groups in total. The lowest BCUT2D eigenvalue weighted by molar-refractivity contribution is -0.153. The van der Waals surface area contributed by atoms with Crippen LogP contribution in [0, 0.1) is 0 Å². The van der Waals surface area contributed by atoms with Gasteiger partial charge < -0.3 is 19.8 Å². The smallest absolute Gasteiger partial charge is 0.422 e. The Balaban J connectivity index is 1.49. The summed E-state index contributed by atoms with van der Waals surface area (Å²) in [6.07, 6.45) is -3.00. The van der Waals surface area contributed by atoms with Crippen molar-refractivity contribution in [3.8, 4) is 5.75 Å². The number of nitrogens with one attached hydrogen (secondary N) is 2. The van der Waals surface area contributed by atoms with Crippen molar-refractivity contribution in [3.05, 3.63) is 83.8 Å². The second-order valence-corrected chi connectivity index (χ2v) is 6.24. The van der Waals surface area contributed by atoms with Crippen LogP contribution in [0.25, 0.3) is 0 Å². The Labute approximate surface area is 169 Å². The lowest BCUT2D eigenvalue weighted by Gasteiger charge is -2.10. The summed E-state index contributed by atoms with van der Waals surface area (Å²) in [6.45, 7) is -1.17. The summed E-state index contributed by atoms with van der Waals surface area (Å²) in [6, 6.07) is 15.4. The first kappa shape index (κ1) is 21.0. The molecule has 3 rings (SSSR count). The summed E-state index contributed by atoms with van der Waals surface area (Å²) in [7, 11) is 0. The van der Waals surface area contributed by atoms with Crippen LogP contribution in [-0.4, -0.2) is 24.6 Å². The summed E-state index contributed by atoms with van der Waals surface area (Å²) in [5.74, 6) is -0.475. The molecule has 0 spiro atoms. The summed E-state index contributed by atoms with van der Waals surface area (Å²) >= 11 is 0. The van der Waals surface area contributed by atoms with Gasteiger partial charge in [0.15, 0.2) is 12.4 Å². The Bertz CT molecular complexity index is 983. The van der Waals surface area contributed by atoms with Gasteiger partial charge in [-0.2, -0.15) is 13.2 Å². The molecule has 0 saturated carbocycles. The van der Waals surface area contributed by atoms with Crippen LogP contribution in [0.1, 0.15) is 26.5 Å². The molecule has 1 heterocycles. The van der Waals surface area contributed by atoms with Gasteiger partial charge in [-0.1, -0.05) is 12.1 Å². The quantitative estimate of drug-likeness (QED) is 0.596. The topological polar surface area (TPSA) is 80.6 Å². The predicted molar refractivity (Wildman–Crippen MR) is 102 cm³/mol. The van der Waals surface area contributed by atoms with Gasteiger partial charge in [0, 0.05) is 17.8 Å². The van der Waals surface area contributed by atoms with Crippen molar-refractivity contribution in [2.75, 3.05) is 11.9 Å². The van der Waals surface area contributed by atoms with Crippen molar-refractivity contribution < 1.29 is 31.9 Å². The van der Waals surface area contributed by atoms with Crippen LogP contribution in [0.15, 0.2) is 71.3 Å². The first-order chi connectivity index (χ1) is 14.3. The Kier molecular flexibility index (Phi) is 6.41. The molecule has 1 aromatic heterocycles. The van der Waals surface area contributed by atoms with Crippen molar-refractivity contribution in [1.82, 2.24) is 5.32 Å². The molecule has 2 aromatic carbocycles. The van der Waals surface area contributed by atoms with E-state index in [0.29, 0.717) is 16.8 Å². The number of rotatable bonds is 7. The average molecular weight is 418 g/mol. The van der Waals surface area contributed by atoms with Crippen LogP contribution in [0.2, 0.25) is 0 Å². The lowest BCUT2D eigenvalue weighted by Crippen LogP contribution is -2.22. The van der Waals surface area contributed by atoms with E-state index in [-0.39, 0.29) is 24.0 Å². The molecule has 3 aromatic rings. The maximum absolute atomic E-state index is 12.3. The second kappa shape index (κ2) is 9.17. The van der Waals surface area contributed by atoms with Crippen molar-refractivity contribution in [2.24, 2.45) is 0 Å². The van der Waals surface area contributed by atoms with Gasteiger partial charge in [-0.25, -0.2) is 0 Å². The molecule has 0 aliphatic rings. The fraction of sp³-hybridized carbons (Fsp3) is 0.143. The van der Waals surface area contributed by atoms with E-state index in [1.165, 1.54) is 24.5 Å². The van der Waals surface area contributed by atoms with Gasteiger partial charge >= 0.3 is 6.18 Å². The number of carbonyl (C=O) groups is 2. The van der Waals surface area contributed by atoms with E-state index >= 15 is 0 Å². The fourth-order valence-electron chi connectivity index (χ4n) is 2.46. The third-order valence-corrected chi connectivity index (χ3v) is 3.93. The van der Waals surface area contributed by atoms with Crippen molar-refractivity contribution in [1.29, 1.82) is 0 Å². The predicted octanol–water partition coefficient (Wildman–Crippen LogP) is 4.40. The Morgan fingerprint density at radius 3 is 2.23 bits per heavy atom. The number of furan rings is 1. The molecule has 6 nitrogen and oxygen atoms in total. The van der Waals surface area contributed by atoms with E-state index in [1.807, 2.05) is 0 Å². The van der Waals surface area contributed by atoms with Crippen LogP contribution < -0.4 is 15.4 Å². The minimum atomic E-state index is -4.40. The number of alkyl halides is 3.